The van der Waals surface area contributed by atoms with Gasteiger partial charge >= 0.3 is 6.03 Å². The molecule has 2 rings (SSSR count). The Morgan fingerprint density at radius 3 is 2.91 bits per heavy atom. The number of hydrogen-bond acceptors (Lipinski definition) is 3. The Hall–Kier alpha value is -1.20. The number of urea groups is 1. The number of benzene rings is 1. The van der Waals surface area contributed by atoms with Crippen molar-refractivity contribution in [1.29, 1.82) is 0 Å². The summed E-state index contributed by atoms with van der Waals surface area (Å²) in [6.07, 6.45) is 1.06. The summed E-state index contributed by atoms with van der Waals surface area (Å²) in [5.74, 6) is 1.37. The average molecular weight is 322 g/mol. The van der Waals surface area contributed by atoms with Gasteiger partial charge < -0.3 is 15.0 Å². The van der Waals surface area contributed by atoms with E-state index in [-0.39, 0.29) is 6.03 Å². The Morgan fingerprint density at radius 1 is 1.41 bits per heavy atom. The van der Waals surface area contributed by atoms with Crippen LogP contribution in [0.15, 0.2) is 23.1 Å². The van der Waals surface area contributed by atoms with Crippen LogP contribution in [0.2, 0.25) is 0 Å². The average Bonchev–Trinajstić information content (AvgIpc) is 2.99. The fourth-order valence-electron chi connectivity index (χ4n) is 2.46. The lowest BCUT2D eigenvalue weighted by Crippen LogP contribution is -2.40. The first-order valence-corrected chi connectivity index (χ1v) is 8.81. The van der Waals surface area contributed by atoms with Crippen LogP contribution in [0.4, 0.5) is 4.79 Å². The normalized spacial score (nSPS) is 17.5. The molecule has 1 N–H and O–H groups in total. The van der Waals surface area contributed by atoms with Crippen LogP contribution in [0.25, 0.3) is 0 Å². The van der Waals surface area contributed by atoms with Crippen molar-refractivity contribution < 1.29 is 9.53 Å². The van der Waals surface area contributed by atoms with E-state index in [2.05, 4.69) is 37.4 Å². The Balaban J connectivity index is 1.64. The number of nitrogens with zero attached hydrogens (tertiary/aromatic N) is 1. The highest BCUT2D eigenvalue weighted by molar-refractivity contribution is 7.99. The number of carbonyl (C=O) groups excluding carboxylic acids is 1. The van der Waals surface area contributed by atoms with E-state index in [0.29, 0.717) is 12.5 Å². The van der Waals surface area contributed by atoms with Crippen LogP contribution in [0.1, 0.15) is 17.5 Å². The lowest BCUT2D eigenvalue weighted by Gasteiger charge is -2.20. The predicted molar refractivity (Wildman–Crippen MR) is 91.6 cm³/mol. The number of rotatable bonds is 6. The summed E-state index contributed by atoms with van der Waals surface area (Å²) in [6.45, 7) is 7.31. The Kier molecular flexibility index (Phi) is 6.58. The first-order chi connectivity index (χ1) is 10.6. The lowest BCUT2D eigenvalue weighted by atomic mass is 10.1. The van der Waals surface area contributed by atoms with Crippen LogP contribution in [-0.2, 0) is 4.74 Å². The number of hydrogen-bond donors (Lipinski definition) is 1. The highest BCUT2D eigenvalue weighted by Crippen LogP contribution is 2.20. The van der Waals surface area contributed by atoms with E-state index in [1.54, 1.807) is 16.7 Å². The molecule has 22 heavy (non-hydrogen) atoms. The van der Waals surface area contributed by atoms with Crippen molar-refractivity contribution in [2.24, 2.45) is 5.92 Å². The fraction of sp³-hybridized carbons (Fsp3) is 0.588. The van der Waals surface area contributed by atoms with Gasteiger partial charge in [-0.3, -0.25) is 0 Å². The standard InChI is InChI=1S/C17H26N2O2S/c1-13-4-5-16(10-14(13)2)22-9-7-18-17(20)19(3)11-15-6-8-21-12-15/h4-5,10,15H,6-9,11-12H2,1-3H3,(H,18,20)/t15-/m1/s1. The molecule has 1 aromatic rings. The van der Waals surface area contributed by atoms with Crippen molar-refractivity contribution in [2.75, 3.05) is 39.1 Å². The summed E-state index contributed by atoms with van der Waals surface area (Å²) in [5.41, 5.74) is 2.63. The van der Waals surface area contributed by atoms with Crippen molar-refractivity contribution in [3.8, 4) is 0 Å². The summed E-state index contributed by atoms with van der Waals surface area (Å²) >= 11 is 1.78. The molecule has 1 fully saturated rings. The second kappa shape index (κ2) is 8.44. The minimum absolute atomic E-state index is 0.00702. The second-order valence-electron chi connectivity index (χ2n) is 5.94. The topological polar surface area (TPSA) is 41.6 Å². The molecule has 1 atom stereocenters. The molecule has 1 saturated heterocycles. The second-order valence-corrected chi connectivity index (χ2v) is 7.10. The number of aryl methyl sites for hydroxylation is 2. The van der Waals surface area contributed by atoms with Gasteiger partial charge in [-0.2, -0.15) is 0 Å². The van der Waals surface area contributed by atoms with Crippen LogP contribution in [0, 0.1) is 19.8 Å². The first kappa shape index (κ1) is 17.2. The largest absolute Gasteiger partial charge is 0.381 e. The molecule has 0 saturated carbocycles. The van der Waals surface area contributed by atoms with Crippen molar-refractivity contribution >= 4 is 17.8 Å². The van der Waals surface area contributed by atoms with Crippen LogP contribution >= 0.6 is 11.8 Å². The molecule has 1 aliphatic heterocycles. The first-order valence-electron chi connectivity index (χ1n) is 7.83. The van der Waals surface area contributed by atoms with Gasteiger partial charge in [0, 0.05) is 43.3 Å². The minimum atomic E-state index is 0.00702. The zero-order valence-corrected chi connectivity index (χ0v) is 14.5. The summed E-state index contributed by atoms with van der Waals surface area (Å²) in [5, 5.41) is 2.98. The third-order valence-electron chi connectivity index (χ3n) is 4.03. The van der Waals surface area contributed by atoms with Crippen molar-refractivity contribution in [3.63, 3.8) is 0 Å². The third kappa shape index (κ3) is 5.21. The summed E-state index contributed by atoms with van der Waals surface area (Å²) in [7, 11) is 1.85. The van der Waals surface area contributed by atoms with Gasteiger partial charge in [0.25, 0.3) is 0 Å². The molecule has 4 nitrogen and oxygen atoms in total. The molecule has 5 heteroatoms. The molecule has 122 valence electrons. The Morgan fingerprint density at radius 2 is 2.23 bits per heavy atom. The van der Waals surface area contributed by atoms with E-state index in [4.69, 9.17) is 4.74 Å². The van der Waals surface area contributed by atoms with Crippen LogP contribution < -0.4 is 5.32 Å². The van der Waals surface area contributed by atoms with E-state index in [0.717, 1.165) is 31.9 Å². The minimum Gasteiger partial charge on any atom is -0.381 e. The van der Waals surface area contributed by atoms with Gasteiger partial charge in [-0.15, -0.1) is 11.8 Å². The smallest absolute Gasteiger partial charge is 0.317 e. The number of nitrogens with one attached hydrogen (secondary N) is 1. The number of thioether (sulfide) groups is 1. The predicted octanol–water partition coefficient (Wildman–Crippen LogP) is 3.07. The molecule has 0 unspecified atom stereocenters. The van der Waals surface area contributed by atoms with Crippen LogP contribution in [0.3, 0.4) is 0 Å². The highest BCUT2D eigenvalue weighted by Gasteiger charge is 2.19. The quantitative estimate of drug-likeness (QED) is 0.646. The van der Waals surface area contributed by atoms with Gasteiger partial charge in [0.05, 0.1) is 6.61 Å². The van der Waals surface area contributed by atoms with Crippen LogP contribution in [0.5, 0.6) is 0 Å². The van der Waals surface area contributed by atoms with Gasteiger partial charge in [0.2, 0.25) is 0 Å². The highest BCUT2D eigenvalue weighted by atomic mass is 32.2. The van der Waals surface area contributed by atoms with E-state index in [1.165, 1.54) is 16.0 Å². The molecule has 1 aliphatic rings. The number of carbonyl (C=O) groups is 1. The SMILES string of the molecule is Cc1ccc(SCCNC(=O)N(C)C[C@H]2CCOC2)cc1C. The van der Waals surface area contributed by atoms with E-state index in [1.807, 2.05) is 7.05 Å². The summed E-state index contributed by atoms with van der Waals surface area (Å²) < 4.78 is 5.34. The molecule has 1 aromatic carbocycles. The fourth-order valence-corrected chi connectivity index (χ4v) is 3.33. The molecule has 0 radical (unpaired) electrons. The molecule has 0 bridgehead atoms. The van der Waals surface area contributed by atoms with Gasteiger partial charge in [-0.1, -0.05) is 6.07 Å². The maximum absolute atomic E-state index is 12.0. The molecule has 1 heterocycles. The maximum atomic E-state index is 12.0. The Labute approximate surface area is 137 Å². The van der Waals surface area contributed by atoms with Crippen LogP contribution in [-0.4, -0.2) is 50.0 Å². The maximum Gasteiger partial charge on any atom is 0.317 e. The summed E-state index contributed by atoms with van der Waals surface area (Å²) in [6, 6.07) is 6.50. The summed E-state index contributed by atoms with van der Waals surface area (Å²) in [4.78, 5) is 15.0. The number of ether oxygens (including phenoxy) is 1. The molecule has 0 spiro atoms. The van der Waals surface area contributed by atoms with Gasteiger partial charge in [0.1, 0.15) is 0 Å². The molecule has 2 amide bonds. The molecular weight excluding hydrogens is 296 g/mol. The lowest BCUT2D eigenvalue weighted by molar-refractivity contribution is 0.171. The zero-order valence-electron chi connectivity index (χ0n) is 13.7. The molecular formula is C17H26N2O2S. The van der Waals surface area contributed by atoms with E-state index < -0.39 is 0 Å². The molecule has 0 aromatic heterocycles. The van der Waals surface area contributed by atoms with Crippen molar-refractivity contribution in [3.05, 3.63) is 29.3 Å². The molecule has 0 aliphatic carbocycles. The van der Waals surface area contributed by atoms with Crippen molar-refractivity contribution in [1.82, 2.24) is 10.2 Å². The Bertz CT molecular complexity index is 501. The zero-order chi connectivity index (χ0) is 15.9. The van der Waals surface area contributed by atoms with Gasteiger partial charge in [-0.05, 0) is 43.5 Å². The monoisotopic (exact) mass is 322 g/mol. The van der Waals surface area contributed by atoms with E-state index in [9.17, 15) is 4.79 Å². The van der Waals surface area contributed by atoms with Crippen molar-refractivity contribution in [2.45, 2.75) is 25.2 Å². The number of amides is 2. The third-order valence-corrected chi connectivity index (χ3v) is 5.02. The van der Waals surface area contributed by atoms with E-state index >= 15 is 0 Å². The van der Waals surface area contributed by atoms with Gasteiger partial charge in [-0.25, -0.2) is 4.79 Å². The van der Waals surface area contributed by atoms with Gasteiger partial charge in [0.15, 0.2) is 0 Å².